The molecular weight excluding hydrogens is 239 g/mol. The Bertz CT molecular complexity index is 432. The Morgan fingerprint density at radius 3 is 1.67 bits per heavy atom. The number of nitrogens with one attached hydrogen (secondary N) is 1. The molecule has 0 unspecified atom stereocenters. The van der Waals surface area contributed by atoms with Gasteiger partial charge in [0.2, 0.25) is 0 Å². The van der Waals surface area contributed by atoms with Gasteiger partial charge >= 0.3 is 15.6 Å². The summed E-state index contributed by atoms with van der Waals surface area (Å²) in [6, 6.07) is 2.94. The van der Waals surface area contributed by atoms with Crippen molar-refractivity contribution in [1.82, 2.24) is 4.98 Å². The Morgan fingerprint density at radius 1 is 1.20 bits per heavy atom. The van der Waals surface area contributed by atoms with Crippen LogP contribution in [-0.2, 0) is 10.1 Å². The predicted octanol–water partition coefficient (Wildman–Crippen LogP) is 0.769. The molecule has 2 N–H and O–H groups in total. The maximum atomic E-state index is 10.7. The van der Waals surface area contributed by atoms with E-state index in [1.165, 1.54) is 12.1 Å². The highest BCUT2D eigenvalue weighted by Crippen LogP contribution is 2.20. The van der Waals surface area contributed by atoms with Crippen LogP contribution in [0.1, 0.15) is 0 Å². The van der Waals surface area contributed by atoms with Crippen LogP contribution < -0.4 is 5.43 Å². The SMILES string of the molecule is O=S(=O)(O)C(F)(F)F.O=c1cc[nH]cc1. The summed E-state index contributed by atoms with van der Waals surface area (Å²) in [4.78, 5) is 13.0. The average molecular weight is 245 g/mol. The van der Waals surface area contributed by atoms with Crippen molar-refractivity contribution in [3.8, 4) is 0 Å². The first-order chi connectivity index (χ1) is 6.64. The van der Waals surface area contributed by atoms with E-state index >= 15 is 0 Å². The third-order valence-corrected chi connectivity index (χ3v) is 1.57. The molecule has 1 heterocycles. The molecular formula is C6H6F3NO4S. The van der Waals surface area contributed by atoms with Crippen molar-refractivity contribution in [3.05, 3.63) is 34.7 Å². The fraction of sp³-hybridized carbons (Fsp3) is 0.167. The number of aromatic amines is 1. The van der Waals surface area contributed by atoms with Crippen LogP contribution in [0.25, 0.3) is 0 Å². The summed E-state index contributed by atoms with van der Waals surface area (Å²) >= 11 is 0. The highest BCUT2D eigenvalue weighted by Gasteiger charge is 2.44. The van der Waals surface area contributed by atoms with E-state index in [1.54, 1.807) is 12.4 Å². The molecule has 0 amide bonds. The van der Waals surface area contributed by atoms with Crippen molar-refractivity contribution in [3.63, 3.8) is 0 Å². The Balaban J connectivity index is 0.000000262. The Hall–Kier alpha value is -1.35. The van der Waals surface area contributed by atoms with Crippen molar-refractivity contribution in [2.75, 3.05) is 0 Å². The van der Waals surface area contributed by atoms with Crippen molar-refractivity contribution < 1.29 is 26.1 Å². The second-order valence-electron chi connectivity index (χ2n) is 2.16. The molecule has 0 spiro atoms. The van der Waals surface area contributed by atoms with E-state index in [1.807, 2.05) is 0 Å². The topological polar surface area (TPSA) is 87.2 Å². The molecule has 15 heavy (non-hydrogen) atoms. The van der Waals surface area contributed by atoms with Gasteiger partial charge in [0.25, 0.3) is 0 Å². The summed E-state index contributed by atoms with van der Waals surface area (Å²) in [5.41, 5.74) is -5.49. The van der Waals surface area contributed by atoms with Gasteiger partial charge in [-0.05, 0) is 0 Å². The van der Waals surface area contributed by atoms with Crippen LogP contribution in [0.3, 0.4) is 0 Å². The third kappa shape index (κ3) is 5.86. The van der Waals surface area contributed by atoms with Gasteiger partial charge in [0.1, 0.15) is 0 Å². The number of alkyl halides is 3. The number of pyridine rings is 1. The fourth-order valence-corrected chi connectivity index (χ4v) is 0.372. The lowest BCUT2D eigenvalue weighted by Gasteiger charge is -1.97. The number of rotatable bonds is 0. The number of aromatic nitrogens is 1. The molecule has 0 bridgehead atoms. The maximum Gasteiger partial charge on any atom is 0.522 e. The zero-order valence-corrected chi connectivity index (χ0v) is 7.84. The highest BCUT2D eigenvalue weighted by atomic mass is 32.2. The van der Waals surface area contributed by atoms with Gasteiger partial charge in [-0.25, -0.2) is 0 Å². The summed E-state index contributed by atoms with van der Waals surface area (Å²) in [5.74, 6) is 0. The number of halogens is 3. The van der Waals surface area contributed by atoms with E-state index in [-0.39, 0.29) is 5.43 Å². The molecule has 0 aliphatic carbocycles. The van der Waals surface area contributed by atoms with Gasteiger partial charge in [-0.1, -0.05) is 0 Å². The van der Waals surface area contributed by atoms with Gasteiger partial charge in [0.15, 0.2) is 5.43 Å². The molecule has 0 radical (unpaired) electrons. The lowest BCUT2D eigenvalue weighted by Crippen LogP contribution is -2.21. The zero-order chi connectivity index (χ0) is 12.1. The van der Waals surface area contributed by atoms with Crippen LogP contribution in [-0.4, -0.2) is 23.5 Å². The molecule has 9 heteroatoms. The Labute approximate surface area is 82.3 Å². The van der Waals surface area contributed by atoms with E-state index < -0.39 is 15.6 Å². The molecule has 86 valence electrons. The van der Waals surface area contributed by atoms with Crippen molar-refractivity contribution in [2.24, 2.45) is 0 Å². The van der Waals surface area contributed by atoms with E-state index in [2.05, 4.69) is 4.98 Å². The monoisotopic (exact) mass is 245 g/mol. The zero-order valence-electron chi connectivity index (χ0n) is 7.02. The standard InChI is InChI=1S/C5H5NO.CHF3O3S/c7-5-1-3-6-4-2-5;2-1(3,4)8(5,6)7/h1-4H,(H,6,7);(H,5,6,7). The molecule has 5 nitrogen and oxygen atoms in total. The first kappa shape index (κ1) is 13.7. The summed E-state index contributed by atoms with van der Waals surface area (Å²) < 4.78 is 57.5. The smallest absolute Gasteiger partial charge is 0.367 e. The third-order valence-electron chi connectivity index (χ3n) is 0.980. The highest BCUT2D eigenvalue weighted by molar-refractivity contribution is 7.86. The summed E-state index contributed by atoms with van der Waals surface area (Å²) in [6.07, 6.45) is 3.20. The van der Waals surface area contributed by atoms with Crippen LogP contribution in [0, 0.1) is 0 Å². The van der Waals surface area contributed by atoms with Gasteiger partial charge in [0.05, 0.1) is 0 Å². The molecule has 1 rings (SSSR count). The normalized spacial score (nSPS) is 11.5. The average Bonchev–Trinajstić information content (AvgIpc) is 2.02. The summed E-state index contributed by atoms with van der Waals surface area (Å²) in [6.45, 7) is 0. The van der Waals surface area contributed by atoms with Crippen LogP contribution in [0.2, 0.25) is 0 Å². The Morgan fingerprint density at radius 2 is 1.53 bits per heavy atom. The number of H-pyrrole nitrogens is 1. The quantitative estimate of drug-likeness (QED) is 0.522. The van der Waals surface area contributed by atoms with E-state index in [4.69, 9.17) is 13.0 Å². The summed E-state index contributed by atoms with van der Waals surface area (Å²) in [5, 5.41) is 0. The van der Waals surface area contributed by atoms with Gasteiger partial charge in [-0.15, -0.1) is 0 Å². The minimum absolute atomic E-state index is 0.0405. The van der Waals surface area contributed by atoms with E-state index in [0.717, 1.165) is 0 Å². The first-order valence-corrected chi connectivity index (χ1v) is 4.75. The number of hydrogen-bond acceptors (Lipinski definition) is 3. The molecule has 0 aliphatic rings. The molecule has 0 saturated heterocycles. The lowest BCUT2D eigenvalue weighted by molar-refractivity contribution is -0.0510. The van der Waals surface area contributed by atoms with Crippen LogP contribution in [0.4, 0.5) is 13.2 Å². The maximum absolute atomic E-state index is 10.7. The second-order valence-corrected chi connectivity index (χ2v) is 3.57. The number of hydrogen-bond donors (Lipinski definition) is 2. The Kier molecular flexibility index (Phi) is 4.49. The largest absolute Gasteiger partial charge is 0.522 e. The van der Waals surface area contributed by atoms with Crippen LogP contribution >= 0.6 is 0 Å². The molecule has 0 aromatic carbocycles. The van der Waals surface area contributed by atoms with Gasteiger partial charge in [0, 0.05) is 24.5 Å². The molecule has 0 fully saturated rings. The van der Waals surface area contributed by atoms with Gasteiger partial charge in [-0.2, -0.15) is 21.6 Å². The van der Waals surface area contributed by atoms with Crippen LogP contribution in [0.15, 0.2) is 29.3 Å². The minimum atomic E-state index is -5.84. The van der Waals surface area contributed by atoms with Crippen molar-refractivity contribution in [1.29, 1.82) is 0 Å². The molecule has 1 aromatic rings. The van der Waals surface area contributed by atoms with Gasteiger partial charge < -0.3 is 4.98 Å². The van der Waals surface area contributed by atoms with E-state index in [0.29, 0.717) is 0 Å². The van der Waals surface area contributed by atoms with Crippen molar-refractivity contribution in [2.45, 2.75) is 5.51 Å². The lowest BCUT2D eigenvalue weighted by atomic mass is 10.5. The molecule has 1 aromatic heterocycles. The van der Waals surface area contributed by atoms with Crippen molar-refractivity contribution >= 4 is 10.1 Å². The van der Waals surface area contributed by atoms with Gasteiger partial charge in [-0.3, -0.25) is 9.35 Å². The fourth-order valence-electron chi connectivity index (χ4n) is 0.372. The molecule has 0 saturated carbocycles. The minimum Gasteiger partial charge on any atom is -0.367 e. The summed E-state index contributed by atoms with van der Waals surface area (Å²) in [7, 11) is -5.84. The molecule has 0 atom stereocenters. The first-order valence-electron chi connectivity index (χ1n) is 3.31. The predicted molar refractivity (Wildman–Crippen MR) is 44.7 cm³/mol. The molecule has 0 aliphatic heterocycles. The van der Waals surface area contributed by atoms with E-state index in [9.17, 15) is 18.0 Å². The van der Waals surface area contributed by atoms with Crippen LogP contribution in [0.5, 0.6) is 0 Å². The second kappa shape index (κ2) is 4.94.